The lowest BCUT2D eigenvalue weighted by Gasteiger charge is -2.25. The van der Waals surface area contributed by atoms with Crippen molar-refractivity contribution >= 4 is 39.2 Å². The minimum atomic E-state index is -3.76. The van der Waals surface area contributed by atoms with E-state index >= 15 is 0 Å². The largest absolute Gasteiger partial charge is 0.354 e. The molecule has 3 aromatic rings. The van der Waals surface area contributed by atoms with E-state index in [2.05, 4.69) is 25.9 Å². The Morgan fingerprint density at radius 2 is 1.79 bits per heavy atom. The first-order valence-corrected chi connectivity index (χ1v) is 11.7. The molecule has 2 aliphatic rings. The highest BCUT2D eigenvalue weighted by Gasteiger charge is 2.29. The van der Waals surface area contributed by atoms with Crippen LogP contribution < -0.4 is 16.0 Å². The van der Waals surface area contributed by atoms with Gasteiger partial charge in [0.2, 0.25) is 27.8 Å². The number of sulfonamides is 1. The summed E-state index contributed by atoms with van der Waals surface area (Å²) >= 11 is 0. The van der Waals surface area contributed by atoms with Crippen LogP contribution in [0.4, 0.5) is 17.3 Å². The minimum Gasteiger partial charge on any atom is -0.354 e. The topological polar surface area (TPSA) is 133 Å². The number of fused-ring (bicyclic) bond motifs is 3. The molecule has 2 aromatic carbocycles. The number of nitrogens with one attached hydrogen (secondary N) is 3. The van der Waals surface area contributed by atoms with Crippen LogP contribution in [0.25, 0.3) is 11.3 Å². The fourth-order valence-electron chi connectivity index (χ4n) is 3.80. The number of benzene rings is 2. The lowest BCUT2D eigenvalue weighted by molar-refractivity contribution is -0.122. The van der Waals surface area contributed by atoms with Gasteiger partial charge in [-0.25, -0.2) is 18.4 Å². The summed E-state index contributed by atoms with van der Waals surface area (Å²) in [7, 11) is -3.76. The number of nitrogens with zero attached hydrogens (tertiary/aromatic N) is 3. The average molecular weight is 465 g/mol. The molecule has 33 heavy (non-hydrogen) atoms. The number of aromatic nitrogens is 2. The molecule has 168 valence electrons. The van der Waals surface area contributed by atoms with Crippen molar-refractivity contribution in [3.8, 4) is 11.3 Å². The van der Waals surface area contributed by atoms with Crippen LogP contribution in [0.15, 0.2) is 59.6 Å². The van der Waals surface area contributed by atoms with Crippen LogP contribution >= 0.6 is 0 Å². The molecule has 0 radical (unpaired) electrons. The van der Waals surface area contributed by atoms with Gasteiger partial charge in [-0.05, 0) is 30.3 Å². The number of para-hydroxylation sites is 1. The van der Waals surface area contributed by atoms with Gasteiger partial charge < -0.3 is 16.0 Å². The van der Waals surface area contributed by atoms with Gasteiger partial charge in [0, 0.05) is 36.1 Å². The third kappa shape index (κ3) is 4.15. The van der Waals surface area contributed by atoms with Crippen LogP contribution in [0.2, 0.25) is 0 Å². The Hall–Kier alpha value is -3.83. The lowest BCUT2D eigenvalue weighted by atomic mass is 10.1. The van der Waals surface area contributed by atoms with E-state index in [0.29, 0.717) is 23.0 Å². The number of hydrogen-bond acceptors (Lipinski definition) is 7. The molecule has 1 saturated heterocycles. The Bertz CT molecular complexity index is 1360. The molecule has 0 saturated carbocycles. The van der Waals surface area contributed by atoms with Crippen LogP contribution in [0.5, 0.6) is 0 Å². The third-order valence-corrected chi connectivity index (χ3v) is 7.28. The maximum absolute atomic E-state index is 12.8. The molecule has 1 fully saturated rings. The molecular formula is C22H20N6O4S. The number of carbonyl (C=O) groups is 2. The Morgan fingerprint density at radius 3 is 2.58 bits per heavy atom. The number of carbonyl (C=O) groups excluding carboxylic acids is 2. The Balaban J connectivity index is 1.40. The zero-order valence-corrected chi connectivity index (χ0v) is 18.2. The van der Waals surface area contributed by atoms with E-state index < -0.39 is 10.0 Å². The number of anilines is 3. The van der Waals surface area contributed by atoms with Crippen molar-refractivity contribution in [1.82, 2.24) is 19.6 Å². The molecule has 3 N–H and O–H groups in total. The maximum atomic E-state index is 12.8. The van der Waals surface area contributed by atoms with Gasteiger partial charge >= 0.3 is 0 Å². The normalized spacial score (nSPS) is 16.1. The van der Waals surface area contributed by atoms with Gasteiger partial charge in [-0.2, -0.15) is 4.31 Å². The summed E-state index contributed by atoms with van der Waals surface area (Å²) in [6, 6.07) is 13.6. The molecule has 0 aliphatic carbocycles. The molecule has 0 bridgehead atoms. The van der Waals surface area contributed by atoms with Crippen LogP contribution in [-0.2, 0) is 26.0 Å². The van der Waals surface area contributed by atoms with E-state index in [9.17, 15) is 18.0 Å². The van der Waals surface area contributed by atoms with Gasteiger partial charge in [-0.1, -0.05) is 18.2 Å². The summed E-state index contributed by atoms with van der Waals surface area (Å²) in [4.78, 5) is 32.8. The first-order valence-electron chi connectivity index (χ1n) is 10.3. The fraction of sp³-hybridized carbons (Fsp3) is 0.182. The molecule has 3 heterocycles. The van der Waals surface area contributed by atoms with E-state index in [1.807, 2.05) is 24.3 Å². The summed E-state index contributed by atoms with van der Waals surface area (Å²) in [5, 5.41) is 8.57. The lowest BCUT2D eigenvalue weighted by Crippen LogP contribution is -2.49. The second-order valence-corrected chi connectivity index (χ2v) is 9.61. The first kappa shape index (κ1) is 21.0. The Morgan fingerprint density at radius 1 is 1.00 bits per heavy atom. The monoisotopic (exact) mass is 464 g/mol. The maximum Gasteiger partial charge on any atom is 0.243 e. The van der Waals surface area contributed by atoms with Crippen molar-refractivity contribution in [3.63, 3.8) is 0 Å². The Labute approximate surface area is 190 Å². The number of rotatable bonds is 4. The van der Waals surface area contributed by atoms with Gasteiger partial charge in [-0.15, -0.1) is 0 Å². The van der Waals surface area contributed by atoms with E-state index in [4.69, 9.17) is 0 Å². The van der Waals surface area contributed by atoms with Gasteiger partial charge in [0.05, 0.1) is 29.2 Å². The van der Waals surface area contributed by atoms with E-state index in [1.54, 1.807) is 18.3 Å². The second kappa shape index (κ2) is 8.26. The number of amides is 2. The Kier molecular flexibility index (Phi) is 5.27. The van der Waals surface area contributed by atoms with Gasteiger partial charge in [0.25, 0.3) is 0 Å². The SMILES string of the molecule is O=C1CN(S(=O)(=O)c2ccc(Nc3ncc4c(n3)-c3ccccc3NC(=O)C4)cc2)CCN1. The van der Waals surface area contributed by atoms with E-state index in [-0.39, 0.29) is 42.8 Å². The minimum absolute atomic E-state index is 0.101. The van der Waals surface area contributed by atoms with Crippen LogP contribution in [0.3, 0.4) is 0 Å². The molecule has 2 amide bonds. The molecule has 2 aliphatic heterocycles. The molecule has 0 atom stereocenters. The average Bonchev–Trinajstić information content (AvgIpc) is 2.95. The quantitative estimate of drug-likeness (QED) is 0.533. The number of piperazine rings is 1. The molecule has 11 heteroatoms. The van der Waals surface area contributed by atoms with Gasteiger partial charge in [-0.3, -0.25) is 9.59 Å². The smallest absolute Gasteiger partial charge is 0.243 e. The van der Waals surface area contributed by atoms with Crippen LogP contribution in [0, 0.1) is 0 Å². The zero-order valence-electron chi connectivity index (χ0n) is 17.4. The molecule has 1 aromatic heterocycles. The predicted octanol–water partition coefficient (Wildman–Crippen LogP) is 1.50. The predicted molar refractivity (Wildman–Crippen MR) is 121 cm³/mol. The van der Waals surface area contributed by atoms with Crippen molar-refractivity contribution in [2.24, 2.45) is 0 Å². The molecule has 0 unspecified atom stereocenters. The summed E-state index contributed by atoms with van der Waals surface area (Å²) in [5.74, 6) is -0.128. The zero-order chi connectivity index (χ0) is 23.0. The fourth-order valence-corrected chi connectivity index (χ4v) is 5.20. The van der Waals surface area contributed by atoms with Crippen molar-refractivity contribution in [1.29, 1.82) is 0 Å². The summed E-state index contributed by atoms with van der Waals surface area (Å²) in [6.45, 7) is 0.331. The van der Waals surface area contributed by atoms with Crippen molar-refractivity contribution in [3.05, 3.63) is 60.3 Å². The molecule has 10 nitrogen and oxygen atoms in total. The molecular weight excluding hydrogens is 444 g/mol. The highest BCUT2D eigenvalue weighted by molar-refractivity contribution is 7.89. The van der Waals surface area contributed by atoms with Gasteiger partial charge in [0.15, 0.2) is 0 Å². The molecule has 5 rings (SSSR count). The van der Waals surface area contributed by atoms with E-state index in [1.165, 1.54) is 12.1 Å². The van der Waals surface area contributed by atoms with Crippen LogP contribution in [-0.4, -0.2) is 54.1 Å². The van der Waals surface area contributed by atoms with Crippen LogP contribution in [0.1, 0.15) is 5.56 Å². The summed E-state index contributed by atoms with van der Waals surface area (Å²) < 4.78 is 26.8. The van der Waals surface area contributed by atoms with Gasteiger partial charge in [0.1, 0.15) is 0 Å². The highest BCUT2D eigenvalue weighted by atomic mass is 32.2. The molecule has 0 spiro atoms. The first-order chi connectivity index (χ1) is 15.9. The second-order valence-electron chi connectivity index (χ2n) is 7.68. The van der Waals surface area contributed by atoms with Crippen molar-refractivity contribution in [2.45, 2.75) is 11.3 Å². The standard InChI is InChI=1S/C22H20N6O4S/c29-19-11-14-12-24-22(27-21(14)17-3-1-2-4-18(17)26-19)25-15-5-7-16(8-6-15)33(31,32)28-10-9-23-20(30)13-28/h1-8,12H,9-11,13H2,(H,23,30)(H,26,29)(H,24,25,27). The third-order valence-electron chi connectivity index (χ3n) is 5.42. The summed E-state index contributed by atoms with van der Waals surface area (Å²) in [5.41, 5.74) is 3.46. The number of hydrogen-bond donors (Lipinski definition) is 3. The van der Waals surface area contributed by atoms with Crippen molar-refractivity contribution < 1.29 is 18.0 Å². The summed E-state index contributed by atoms with van der Waals surface area (Å²) in [6.07, 6.45) is 1.79. The van der Waals surface area contributed by atoms with Crippen molar-refractivity contribution in [2.75, 3.05) is 30.3 Å². The highest BCUT2D eigenvalue weighted by Crippen LogP contribution is 2.33. The van der Waals surface area contributed by atoms with E-state index in [0.717, 1.165) is 15.4 Å².